The molecule has 1 fully saturated rings. The van der Waals surface area contributed by atoms with Gasteiger partial charge in [0.25, 0.3) is 5.91 Å². The summed E-state index contributed by atoms with van der Waals surface area (Å²) in [6, 6.07) is 24.9. The van der Waals surface area contributed by atoms with E-state index in [4.69, 9.17) is 4.74 Å². The molecule has 0 bridgehead atoms. The second-order valence-corrected chi connectivity index (χ2v) is 7.99. The third-order valence-corrected chi connectivity index (χ3v) is 5.79. The number of benzene rings is 3. The Morgan fingerprint density at radius 3 is 2.21 bits per heavy atom. The van der Waals surface area contributed by atoms with Crippen molar-refractivity contribution in [3.05, 3.63) is 90.0 Å². The van der Waals surface area contributed by atoms with E-state index in [9.17, 15) is 9.59 Å². The summed E-state index contributed by atoms with van der Waals surface area (Å²) in [5.74, 6) is 0.736. The number of amides is 2. The predicted molar refractivity (Wildman–Crippen MR) is 131 cm³/mol. The normalized spacial score (nSPS) is 13.5. The summed E-state index contributed by atoms with van der Waals surface area (Å²) < 4.78 is 5.81. The van der Waals surface area contributed by atoms with Gasteiger partial charge in [-0.1, -0.05) is 49.4 Å². The quantitative estimate of drug-likeness (QED) is 0.581. The Morgan fingerprint density at radius 2 is 1.52 bits per heavy atom. The lowest BCUT2D eigenvalue weighted by Gasteiger charge is -2.36. The number of piperazine rings is 1. The van der Waals surface area contributed by atoms with E-state index < -0.39 is 0 Å². The molecule has 6 nitrogen and oxygen atoms in total. The van der Waals surface area contributed by atoms with E-state index in [1.165, 1.54) is 0 Å². The molecular weight excluding hydrogens is 414 g/mol. The van der Waals surface area contributed by atoms with Crippen molar-refractivity contribution in [1.29, 1.82) is 0 Å². The van der Waals surface area contributed by atoms with Gasteiger partial charge in [0, 0.05) is 38.2 Å². The lowest BCUT2D eigenvalue weighted by atomic mass is 10.1. The van der Waals surface area contributed by atoms with Crippen LogP contribution in [0.5, 0.6) is 5.75 Å². The highest BCUT2D eigenvalue weighted by molar-refractivity contribution is 6.06. The molecule has 0 aromatic heterocycles. The smallest absolute Gasteiger partial charge is 0.255 e. The van der Waals surface area contributed by atoms with E-state index in [1.54, 1.807) is 12.1 Å². The minimum Gasteiger partial charge on any atom is -0.489 e. The number of carbonyl (C=O) groups excluding carboxylic acids is 2. The molecule has 33 heavy (non-hydrogen) atoms. The van der Waals surface area contributed by atoms with Gasteiger partial charge in [-0.25, -0.2) is 0 Å². The third kappa shape index (κ3) is 5.71. The maximum absolute atomic E-state index is 12.9. The minimum absolute atomic E-state index is 0.170. The van der Waals surface area contributed by atoms with Crippen molar-refractivity contribution < 1.29 is 14.3 Å². The van der Waals surface area contributed by atoms with Crippen LogP contribution >= 0.6 is 0 Å². The summed E-state index contributed by atoms with van der Waals surface area (Å²) in [4.78, 5) is 29.0. The van der Waals surface area contributed by atoms with Gasteiger partial charge in [-0.3, -0.25) is 9.59 Å². The predicted octanol–water partition coefficient (Wildman–Crippen LogP) is 4.58. The Hall–Kier alpha value is -3.80. The van der Waals surface area contributed by atoms with Crippen molar-refractivity contribution in [2.45, 2.75) is 20.0 Å². The van der Waals surface area contributed by atoms with Crippen LogP contribution in [0.4, 0.5) is 11.4 Å². The number of nitrogens with zero attached hydrogens (tertiary/aromatic N) is 2. The number of carbonyl (C=O) groups is 2. The highest BCUT2D eigenvalue weighted by Gasteiger charge is 2.22. The van der Waals surface area contributed by atoms with Gasteiger partial charge in [0.1, 0.15) is 12.4 Å². The number of ether oxygens (including phenoxy) is 1. The molecule has 170 valence electrons. The van der Waals surface area contributed by atoms with Crippen LogP contribution in [0.15, 0.2) is 78.9 Å². The van der Waals surface area contributed by atoms with Gasteiger partial charge in [0.05, 0.1) is 11.4 Å². The van der Waals surface area contributed by atoms with Crippen LogP contribution in [0.25, 0.3) is 0 Å². The van der Waals surface area contributed by atoms with Gasteiger partial charge in [0.15, 0.2) is 0 Å². The van der Waals surface area contributed by atoms with Crippen LogP contribution in [0, 0.1) is 0 Å². The van der Waals surface area contributed by atoms with E-state index in [0.717, 1.165) is 35.8 Å². The lowest BCUT2D eigenvalue weighted by Crippen LogP contribution is -2.48. The molecule has 0 spiro atoms. The molecule has 3 aromatic rings. The molecule has 6 heteroatoms. The van der Waals surface area contributed by atoms with Crippen molar-refractivity contribution in [3.63, 3.8) is 0 Å². The summed E-state index contributed by atoms with van der Waals surface area (Å²) in [6.07, 6.45) is 0.530. The number of anilines is 2. The molecule has 1 heterocycles. The highest BCUT2D eigenvalue weighted by atomic mass is 16.5. The average molecular weight is 444 g/mol. The third-order valence-electron chi connectivity index (χ3n) is 5.79. The van der Waals surface area contributed by atoms with E-state index in [2.05, 4.69) is 10.2 Å². The molecule has 0 unspecified atom stereocenters. The summed E-state index contributed by atoms with van der Waals surface area (Å²) in [6.45, 7) is 5.25. The average Bonchev–Trinajstić information content (AvgIpc) is 2.88. The Morgan fingerprint density at radius 1 is 0.848 bits per heavy atom. The van der Waals surface area contributed by atoms with Gasteiger partial charge in [-0.05, 0) is 42.0 Å². The van der Waals surface area contributed by atoms with Gasteiger partial charge in [-0.2, -0.15) is 0 Å². The van der Waals surface area contributed by atoms with Crippen molar-refractivity contribution in [2.24, 2.45) is 0 Å². The topological polar surface area (TPSA) is 61.9 Å². The molecule has 4 rings (SSSR count). The Kier molecular flexibility index (Phi) is 7.25. The molecule has 0 atom stereocenters. The van der Waals surface area contributed by atoms with Gasteiger partial charge in [-0.15, -0.1) is 0 Å². The van der Waals surface area contributed by atoms with Gasteiger partial charge < -0.3 is 19.9 Å². The summed E-state index contributed by atoms with van der Waals surface area (Å²) in [5, 5.41) is 3.04. The fourth-order valence-corrected chi connectivity index (χ4v) is 3.91. The number of nitrogens with one attached hydrogen (secondary N) is 1. The molecule has 1 aliphatic rings. The first-order valence-electron chi connectivity index (χ1n) is 11.3. The maximum atomic E-state index is 12.9. The minimum atomic E-state index is -0.170. The van der Waals surface area contributed by atoms with Crippen LogP contribution in [-0.2, 0) is 11.4 Å². The monoisotopic (exact) mass is 443 g/mol. The van der Waals surface area contributed by atoms with E-state index in [1.807, 2.05) is 78.6 Å². The molecular formula is C27H29N3O3. The number of hydrogen-bond donors (Lipinski definition) is 1. The zero-order chi connectivity index (χ0) is 23.0. The van der Waals surface area contributed by atoms with Crippen LogP contribution < -0.4 is 15.0 Å². The number of rotatable bonds is 7. The van der Waals surface area contributed by atoms with Gasteiger partial charge in [0.2, 0.25) is 5.91 Å². The fraction of sp³-hybridized carbons (Fsp3) is 0.259. The first-order chi connectivity index (χ1) is 16.1. The molecule has 3 aromatic carbocycles. The zero-order valence-corrected chi connectivity index (χ0v) is 18.9. The van der Waals surface area contributed by atoms with Crippen molar-refractivity contribution in [1.82, 2.24) is 4.90 Å². The molecule has 1 aliphatic heterocycles. The fourth-order valence-electron chi connectivity index (χ4n) is 3.91. The molecule has 1 saturated heterocycles. The Bertz CT molecular complexity index is 1080. The van der Waals surface area contributed by atoms with Crippen LogP contribution in [-0.4, -0.2) is 42.9 Å². The van der Waals surface area contributed by atoms with Crippen molar-refractivity contribution in [3.8, 4) is 5.75 Å². The summed E-state index contributed by atoms with van der Waals surface area (Å²) in [7, 11) is 0. The van der Waals surface area contributed by atoms with Crippen molar-refractivity contribution >= 4 is 23.2 Å². The SMILES string of the molecule is CCC(=O)N1CCN(c2ccccc2NC(=O)c2ccc(OCc3ccccc3)cc2)CC1. The maximum Gasteiger partial charge on any atom is 0.255 e. The van der Waals surface area contributed by atoms with E-state index in [-0.39, 0.29) is 11.8 Å². The standard InChI is InChI=1S/C27H29N3O3/c1-2-26(31)30-18-16-29(17-19-30)25-11-7-6-10-24(25)28-27(32)22-12-14-23(15-13-22)33-20-21-8-4-3-5-9-21/h3-15H,2,16-20H2,1H3,(H,28,32). The van der Waals surface area contributed by atoms with Crippen LogP contribution in [0.1, 0.15) is 29.3 Å². The van der Waals surface area contributed by atoms with E-state index >= 15 is 0 Å². The summed E-state index contributed by atoms with van der Waals surface area (Å²) in [5.41, 5.74) is 3.39. The van der Waals surface area contributed by atoms with E-state index in [0.29, 0.717) is 31.7 Å². The molecule has 0 radical (unpaired) electrons. The van der Waals surface area contributed by atoms with Crippen LogP contribution in [0.2, 0.25) is 0 Å². The lowest BCUT2D eigenvalue weighted by molar-refractivity contribution is -0.131. The summed E-state index contributed by atoms with van der Waals surface area (Å²) >= 11 is 0. The Labute approximate surface area is 194 Å². The molecule has 2 amide bonds. The number of hydrogen-bond acceptors (Lipinski definition) is 4. The molecule has 0 saturated carbocycles. The highest BCUT2D eigenvalue weighted by Crippen LogP contribution is 2.27. The largest absolute Gasteiger partial charge is 0.489 e. The molecule has 1 N–H and O–H groups in total. The second-order valence-electron chi connectivity index (χ2n) is 7.99. The Balaban J connectivity index is 1.37. The number of para-hydroxylation sites is 2. The van der Waals surface area contributed by atoms with Gasteiger partial charge >= 0.3 is 0 Å². The first-order valence-corrected chi connectivity index (χ1v) is 11.3. The first kappa shape index (κ1) is 22.4. The zero-order valence-electron chi connectivity index (χ0n) is 18.9. The second kappa shape index (κ2) is 10.7. The van der Waals surface area contributed by atoms with Crippen LogP contribution in [0.3, 0.4) is 0 Å². The molecule has 0 aliphatic carbocycles. The van der Waals surface area contributed by atoms with Crippen molar-refractivity contribution in [2.75, 3.05) is 36.4 Å².